The number of benzene rings is 2. The summed E-state index contributed by atoms with van der Waals surface area (Å²) >= 11 is 0. The molecule has 3 heterocycles. The molecule has 1 atom stereocenters. The zero-order valence-corrected chi connectivity index (χ0v) is 19.9. The Labute approximate surface area is 203 Å². The molecule has 2 fully saturated rings. The molecule has 2 aromatic carbocycles. The molecule has 0 radical (unpaired) electrons. The summed E-state index contributed by atoms with van der Waals surface area (Å²) in [4.78, 5) is 14.3. The smallest absolute Gasteiger partial charge is 0.224 e. The first-order valence-electron chi connectivity index (χ1n) is 12.7. The fourth-order valence-corrected chi connectivity index (χ4v) is 5.02. The van der Waals surface area contributed by atoms with Crippen LogP contribution in [0.5, 0.6) is 11.5 Å². The molecule has 1 aromatic heterocycles. The lowest BCUT2D eigenvalue weighted by Crippen LogP contribution is -2.34. The van der Waals surface area contributed by atoms with Crippen molar-refractivity contribution in [2.75, 3.05) is 36.4 Å². The van der Waals surface area contributed by atoms with Gasteiger partial charge in [0.05, 0.1) is 0 Å². The average Bonchev–Trinajstić information content (AvgIpc) is 3.12. The summed E-state index contributed by atoms with van der Waals surface area (Å²) in [6.07, 6.45) is 9.46. The number of ether oxygens (including phenoxy) is 1. The molecule has 2 saturated heterocycles. The van der Waals surface area contributed by atoms with Gasteiger partial charge in [-0.1, -0.05) is 43.2 Å². The maximum atomic E-state index is 6.03. The molecule has 6 nitrogen and oxygen atoms in total. The van der Waals surface area contributed by atoms with Crippen LogP contribution in [0.2, 0.25) is 0 Å². The van der Waals surface area contributed by atoms with Gasteiger partial charge in [0, 0.05) is 38.4 Å². The van der Waals surface area contributed by atoms with Crippen LogP contribution in [0.15, 0.2) is 66.9 Å². The van der Waals surface area contributed by atoms with Crippen LogP contribution >= 0.6 is 0 Å². The molecule has 1 N–H and O–H groups in total. The number of nitrogens with one attached hydrogen (secondary N) is 1. The second kappa shape index (κ2) is 11.3. The molecule has 1 unspecified atom stereocenters. The van der Waals surface area contributed by atoms with E-state index in [0.29, 0.717) is 6.04 Å². The largest absolute Gasteiger partial charge is 0.457 e. The molecular weight excluding hydrogens is 422 g/mol. The summed E-state index contributed by atoms with van der Waals surface area (Å²) in [6, 6.07) is 20.9. The summed E-state index contributed by atoms with van der Waals surface area (Å²) in [7, 11) is 0. The molecule has 3 aromatic rings. The highest BCUT2D eigenvalue weighted by molar-refractivity contribution is 5.42. The van der Waals surface area contributed by atoms with E-state index in [1.165, 1.54) is 44.1 Å². The highest BCUT2D eigenvalue weighted by atomic mass is 16.5. The molecular formula is C28H35N5O. The molecule has 6 heteroatoms. The topological polar surface area (TPSA) is 53.5 Å². The number of nitrogens with zero attached hydrogens (tertiary/aromatic N) is 4. The first-order valence-corrected chi connectivity index (χ1v) is 12.7. The zero-order chi connectivity index (χ0) is 23.0. The quantitative estimate of drug-likeness (QED) is 0.466. The summed E-state index contributed by atoms with van der Waals surface area (Å²) in [5.74, 6) is 3.55. The Morgan fingerprint density at radius 3 is 2.53 bits per heavy atom. The van der Waals surface area contributed by atoms with Gasteiger partial charge in [0.15, 0.2) is 0 Å². The second-order valence-corrected chi connectivity index (χ2v) is 9.35. The second-order valence-electron chi connectivity index (χ2n) is 9.35. The minimum absolute atomic E-state index is 0.476. The number of rotatable bonds is 8. The minimum atomic E-state index is 0.476. The van der Waals surface area contributed by atoms with Gasteiger partial charge >= 0.3 is 0 Å². The number of likely N-dealkylation sites (tertiary alicyclic amines) is 1. The van der Waals surface area contributed by atoms with Gasteiger partial charge in [0.1, 0.15) is 17.3 Å². The summed E-state index contributed by atoms with van der Waals surface area (Å²) < 4.78 is 6.03. The zero-order valence-electron chi connectivity index (χ0n) is 19.9. The standard InChI is InChI=1S/C28H35N5O/c1-2-7-18-32(17-6-1)27-15-16-29-28(31-27)30-21-24-11-9-19-33(24)22-23-10-8-14-26(20-23)34-25-12-4-3-5-13-25/h3-5,8,10,12-16,20,24H,1-2,6-7,9,11,17-19,21-22H2,(H,29,30,31). The van der Waals surface area contributed by atoms with Crippen LogP contribution in [-0.4, -0.2) is 47.1 Å². The SMILES string of the molecule is c1ccc(Oc2cccc(CN3CCCC3CNc3nccc(N4CCCCCC4)n3)c2)cc1. The van der Waals surface area contributed by atoms with Crippen molar-refractivity contribution in [2.24, 2.45) is 0 Å². The van der Waals surface area contributed by atoms with E-state index in [4.69, 9.17) is 9.72 Å². The normalized spacial score (nSPS) is 19.1. The van der Waals surface area contributed by atoms with E-state index in [9.17, 15) is 0 Å². The molecule has 0 bridgehead atoms. The Bertz CT molecular complexity index is 1040. The molecule has 0 aliphatic carbocycles. The molecule has 2 aliphatic rings. The van der Waals surface area contributed by atoms with Gasteiger partial charge in [-0.3, -0.25) is 4.90 Å². The van der Waals surface area contributed by atoms with Crippen LogP contribution in [-0.2, 0) is 6.54 Å². The maximum Gasteiger partial charge on any atom is 0.224 e. The van der Waals surface area contributed by atoms with Gasteiger partial charge in [-0.15, -0.1) is 0 Å². The van der Waals surface area contributed by atoms with Gasteiger partial charge in [-0.2, -0.15) is 4.98 Å². The summed E-state index contributed by atoms with van der Waals surface area (Å²) in [6.45, 7) is 5.10. The van der Waals surface area contributed by atoms with Gasteiger partial charge < -0.3 is 15.0 Å². The van der Waals surface area contributed by atoms with Crippen LogP contribution in [0.1, 0.15) is 44.1 Å². The van der Waals surface area contributed by atoms with Crippen molar-refractivity contribution in [3.05, 3.63) is 72.4 Å². The Morgan fingerprint density at radius 1 is 0.853 bits per heavy atom. The fourth-order valence-electron chi connectivity index (χ4n) is 5.02. The molecule has 178 valence electrons. The first-order chi connectivity index (χ1) is 16.8. The fraction of sp³-hybridized carbons (Fsp3) is 0.429. The third kappa shape index (κ3) is 6.06. The van der Waals surface area contributed by atoms with Crippen LogP contribution in [0, 0.1) is 0 Å². The van der Waals surface area contributed by atoms with Crippen LogP contribution in [0.4, 0.5) is 11.8 Å². The maximum absolute atomic E-state index is 6.03. The van der Waals surface area contributed by atoms with Gasteiger partial charge in [0.2, 0.25) is 5.95 Å². The Morgan fingerprint density at radius 2 is 1.68 bits per heavy atom. The molecule has 0 amide bonds. The van der Waals surface area contributed by atoms with E-state index < -0.39 is 0 Å². The van der Waals surface area contributed by atoms with E-state index in [2.05, 4.69) is 38.3 Å². The van der Waals surface area contributed by atoms with E-state index >= 15 is 0 Å². The monoisotopic (exact) mass is 457 g/mol. The van der Waals surface area contributed by atoms with Crippen molar-refractivity contribution in [3.8, 4) is 11.5 Å². The lowest BCUT2D eigenvalue weighted by atomic mass is 10.1. The van der Waals surface area contributed by atoms with Gasteiger partial charge in [-0.25, -0.2) is 4.98 Å². The molecule has 0 saturated carbocycles. The number of hydrogen-bond donors (Lipinski definition) is 1. The third-order valence-corrected chi connectivity index (χ3v) is 6.83. The lowest BCUT2D eigenvalue weighted by molar-refractivity contribution is 0.253. The van der Waals surface area contributed by atoms with Crippen LogP contribution in [0.3, 0.4) is 0 Å². The number of aromatic nitrogens is 2. The van der Waals surface area contributed by atoms with Crippen molar-refractivity contribution in [2.45, 2.75) is 51.1 Å². The summed E-state index contributed by atoms with van der Waals surface area (Å²) in [5, 5.41) is 3.53. The van der Waals surface area contributed by atoms with Crippen molar-refractivity contribution in [1.82, 2.24) is 14.9 Å². The highest BCUT2D eigenvalue weighted by Crippen LogP contribution is 2.25. The Hall–Kier alpha value is -3.12. The molecule has 34 heavy (non-hydrogen) atoms. The van der Waals surface area contributed by atoms with Crippen molar-refractivity contribution < 1.29 is 4.74 Å². The predicted molar refractivity (Wildman–Crippen MR) is 138 cm³/mol. The Kier molecular flexibility index (Phi) is 7.56. The van der Waals surface area contributed by atoms with Crippen molar-refractivity contribution >= 4 is 11.8 Å². The summed E-state index contributed by atoms with van der Waals surface area (Å²) in [5.41, 5.74) is 1.28. The van der Waals surface area contributed by atoms with E-state index in [1.54, 1.807) is 0 Å². The third-order valence-electron chi connectivity index (χ3n) is 6.83. The van der Waals surface area contributed by atoms with Crippen molar-refractivity contribution in [3.63, 3.8) is 0 Å². The molecule has 0 spiro atoms. The molecule has 2 aliphatic heterocycles. The predicted octanol–water partition coefficient (Wildman–Crippen LogP) is 5.73. The lowest BCUT2D eigenvalue weighted by Gasteiger charge is -2.25. The van der Waals surface area contributed by atoms with Gasteiger partial charge in [-0.05, 0) is 68.1 Å². The average molecular weight is 458 g/mol. The highest BCUT2D eigenvalue weighted by Gasteiger charge is 2.24. The molecule has 5 rings (SSSR count). The number of para-hydroxylation sites is 1. The van der Waals surface area contributed by atoms with E-state index in [0.717, 1.165) is 56.0 Å². The van der Waals surface area contributed by atoms with Gasteiger partial charge in [0.25, 0.3) is 0 Å². The first kappa shape index (κ1) is 22.7. The van der Waals surface area contributed by atoms with Crippen LogP contribution in [0.25, 0.3) is 0 Å². The minimum Gasteiger partial charge on any atom is -0.457 e. The number of hydrogen-bond acceptors (Lipinski definition) is 6. The number of anilines is 2. The van der Waals surface area contributed by atoms with Crippen LogP contribution < -0.4 is 15.0 Å². The van der Waals surface area contributed by atoms with E-state index in [1.807, 2.05) is 48.7 Å². The Balaban J connectivity index is 1.18. The van der Waals surface area contributed by atoms with E-state index in [-0.39, 0.29) is 0 Å². The van der Waals surface area contributed by atoms with Crippen molar-refractivity contribution in [1.29, 1.82) is 0 Å².